The van der Waals surface area contributed by atoms with Gasteiger partial charge in [0.25, 0.3) is 41.4 Å². The molecule has 2 unspecified atom stereocenters. The normalized spacial score (nSPS) is 11.1. The smallest absolute Gasteiger partial charge is 0.270 e. The summed E-state index contributed by atoms with van der Waals surface area (Å²) >= 11 is 41.7. The largest absolute Gasteiger partial charge is 0.347 e. The molecule has 0 bridgehead atoms. The minimum atomic E-state index is -0.512. The molecular weight excluding hydrogens is 2050 g/mol. The molecular formula is C113H112Cl7F7N14O7. The molecule has 148 heavy (non-hydrogen) atoms. The molecule has 21 nitrogen and oxygen atoms in total. The summed E-state index contributed by atoms with van der Waals surface area (Å²) in [5.41, 5.74) is 8.97. The van der Waals surface area contributed by atoms with Crippen molar-refractivity contribution in [3.63, 3.8) is 0 Å². The summed E-state index contributed by atoms with van der Waals surface area (Å²) < 4.78 is 109. The van der Waals surface area contributed by atoms with Gasteiger partial charge < -0.3 is 68.8 Å². The molecule has 7 amide bonds. The van der Waals surface area contributed by atoms with Gasteiger partial charge in [-0.1, -0.05) is 184 Å². The van der Waals surface area contributed by atoms with Crippen LogP contribution in [0, 0.1) is 47.6 Å². The summed E-state index contributed by atoms with van der Waals surface area (Å²) in [6.07, 6.45) is 12.8. The number of carbonyl (C=O) groups excluding carboxylic acids is 7. The maximum Gasteiger partial charge on any atom is 0.270 e. The highest BCUT2D eigenvalue weighted by Crippen LogP contribution is 2.31. The number of benzene rings is 9. The van der Waals surface area contributed by atoms with Crippen molar-refractivity contribution in [1.82, 2.24) is 68.8 Å². The van der Waals surface area contributed by atoms with Crippen molar-refractivity contribution >= 4 is 123 Å². The highest BCUT2D eigenvalue weighted by molar-refractivity contribution is 6.33. The summed E-state index contributed by atoms with van der Waals surface area (Å²) in [5, 5.41) is 18.5. The molecule has 0 radical (unpaired) electrons. The van der Waals surface area contributed by atoms with Gasteiger partial charge in [-0.2, -0.15) is 0 Å². The monoisotopic (exact) mass is 2150 g/mol. The summed E-state index contributed by atoms with van der Waals surface area (Å²) in [6, 6.07) is 74.2. The van der Waals surface area contributed by atoms with Crippen LogP contribution in [-0.2, 0) is 59.9 Å². The first-order valence-corrected chi connectivity index (χ1v) is 49.4. The van der Waals surface area contributed by atoms with Crippen LogP contribution in [0.1, 0.15) is 215 Å². The summed E-state index contributed by atoms with van der Waals surface area (Å²) in [7, 11) is 5.18. The lowest BCUT2D eigenvalue weighted by Gasteiger charge is -2.18. The molecule has 9 aromatic carbocycles. The van der Waals surface area contributed by atoms with Crippen LogP contribution in [0.4, 0.5) is 30.7 Å². The van der Waals surface area contributed by atoms with Gasteiger partial charge in [0, 0.05) is 196 Å². The zero-order valence-electron chi connectivity index (χ0n) is 83.0. The Morgan fingerprint density at radius 1 is 0.304 bits per heavy atom. The lowest BCUT2D eigenvalue weighted by Crippen LogP contribution is -2.29. The molecule has 0 aliphatic carbocycles. The zero-order chi connectivity index (χ0) is 108. The molecule has 16 rings (SSSR count). The number of hydrogen-bond acceptors (Lipinski definition) is 7. The Balaban J connectivity index is 0.000000177. The molecule has 0 spiro atoms. The van der Waals surface area contributed by atoms with Crippen molar-refractivity contribution < 1.29 is 64.3 Å². The van der Waals surface area contributed by atoms with Gasteiger partial charge in [-0.15, -0.1) is 0 Å². The lowest BCUT2D eigenvalue weighted by molar-refractivity contribution is 0.0772. The number of rotatable bonds is 28. The minimum absolute atomic E-state index is 0.00833. The number of halogens is 14. The van der Waals surface area contributed by atoms with Gasteiger partial charge >= 0.3 is 0 Å². The van der Waals surface area contributed by atoms with E-state index in [2.05, 4.69) is 31.9 Å². The minimum Gasteiger partial charge on any atom is -0.347 e. The van der Waals surface area contributed by atoms with Crippen molar-refractivity contribution in [2.75, 3.05) is 7.05 Å². The third kappa shape index (κ3) is 31.9. The Labute approximate surface area is 890 Å². The van der Waals surface area contributed by atoms with Crippen molar-refractivity contribution in [2.24, 2.45) is 14.1 Å². The third-order valence-corrected chi connectivity index (χ3v) is 25.8. The second kappa shape index (κ2) is 56.1. The molecule has 0 saturated heterocycles. The Bertz CT molecular complexity index is 7060. The molecule has 0 fully saturated rings. The van der Waals surface area contributed by atoms with E-state index in [0.29, 0.717) is 109 Å². The van der Waals surface area contributed by atoms with Crippen molar-refractivity contribution in [1.29, 1.82) is 0 Å². The molecule has 7 aromatic heterocycles. The molecule has 2 atom stereocenters. The topological polar surface area (TPSA) is 229 Å². The SMILES string of the molecule is CC(C)n1cccc1C(=O)NCc1c(F)cccc1Cl.CC(NC(=O)c1cccn1C(C)C)c1c(F)cccc1Cl.CC(c1ccccc1)n1cccc1C(=O)NCc1c(F)cccc1Cl.CN(Cc1c(F)cccc1Cl)C(=O)c1cccn1C.Cc1ccn(C(C)C)c1C(=O)NCc1c(F)cccc1Cl.Cn1cccc1C(=O)NCc1c(F)cccc1Cl.O=C(NCc1c(F)cccc1Cl)c1cccn1Cc1ccccc1. The van der Waals surface area contributed by atoms with Gasteiger partial charge in [-0.25, -0.2) is 30.7 Å². The van der Waals surface area contributed by atoms with Gasteiger partial charge in [0.15, 0.2) is 0 Å². The van der Waals surface area contributed by atoms with Crippen molar-refractivity contribution in [2.45, 2.75) is 138 Å². The van der Waals surface area contributed by atoms with E-state index in [1.54, 1.807) is 153 Å². The summed E-state index contributed by atoms with van der Waals surface area (Å²) in [4.78, 5) is 87.3. The average Bonchev–Trinajstić information content (AvgIpc) is 1.73. The summed E-state index contributed by atoms with van der Waals surface area (Å²) in [5.74, 6) is -4.65. The highest BCUT2D eigenvalue weighted by Gasteiger charge is 2.26. The van der Waals surface area contributed by atoms with E-state index in [1.807, 2.05) is 200 Å². The first kappa shape index (κ1) is 116. The first-order chi connectivity index (χ1) is 70.6. The van der Waals surface area contributed by atoms with Crippen LogP contribution in [0.15, 0.2) is 310 Å². The predicted molar refractivity (Wildman–Crippen MR) is 572 cm³/mol. The van der Waals surface area contributed by atoms with Gasteiger partial charge in [0.05, 0.1) is 18.6 Å². The van der Waals surface area contributed by atoms with E-state index < -0.39 is 46.8 Å². The van der Waals surface area contributed by atoms with Crippen LogP contribution >= 0.6 is 81.2 Å². The first-order valence-electron chi connectivity index (χ1n) is 46.8. The van der Waals surface area contributed by atoms with E-state index in [-0.39, 0.29) is 116 Å². The molecule has 6 N–H and O–H groups in total. The number of carbonyl (C=O) groups is 7. The Morgan fingerprint density at radius 3 is 1.01 bits per heavy atom. The Kier molecular flexibility index (Phi) is 43.8. The second-order valence-corrected chi connectivity index (χ2v) is 37.5. The van der Waals surface area contributed by atoms with Crippen molar-refractivity contribution in [3.05, 3.63) is 482 Å². The fourth-order valence-corrected chi connectivity index (χ4v) is 17.0. The highest BCUT2D eigenvalue weighted by atomic mass is 35.5. The number of aryl methyl sites for hydroxylation is 3. The van der Waals surface area contributed by atoms with Gasteiger partial charge in [-0.3, -0.25) is 33.6 Å². The molecule has 0 saturated carbocycles. The predicted octanol–water partition coefficient (Wildman–Crippen LogP) is 27.2. The van der Waals surface area contributed by atoms with E-state index >= 15 is 0 Å². The van der Waals surface area contributed by atoms with Crippen LogP contribution < -0.4 is 31.9 Å². The lowest BCUT2D eigenvalue weighted by atomic mass is 10.1. The molecule has 16 aromatic rings. The van der Waals surface area contributed by atoms with Crippen molar-refractivity contribution in [3.8, 4) is 0 Å². The van der Waals surface area contributed by atoms with Crippen LogP contribution in [0.25, 0.3) is 0 Å². The molecule has 0 aliphatic rings. The second-order valence-electron chi connectivity index (χ2n) is 34.6. The molecule has 0 aliphatic heterocycles. The van der Waals surface area contributed by atoms with Crippen LogP contribution in [-0.4, -0.2) is 85.3 Å². The van der Waals surface area contributed by atoms with Crippen LogP contribution in [0.3, 0.4) is 0 Å². The number of nitrogens with one attached hydrogen (secondary N) is 6. The standard InChI is InChI=1S/C20H18ClFN2O.C19H16ClFN2O.2C16H18ClFN2O.C15H16ClFN2O.C14H14ClFN2O.C13H12ClFN2O/c1-14(15-7-3-2-4-8-15)24-12-6-11-19(24)20(25)23-13-16-17(21)9-5-10-18(16)22;20-16-8-4-9-17(21)15(16)12-22-19(24)18-10-5-11-23(18)13-14-6-2-1-3-7-14;1-10(2)20-9-5-8-14(20)16(21)19-11(3)15-12(17)6-4-7-13(15)18;1-10(2)20-8-7-11(3)15(20)16(21)19-9-12-13(17)5-4-6-14(12)18;1-10(2)19-8-4-7-14(19)15(20)18-9-11-12(16)5-3-6-13(11)17;1-17-8-4-7-13(17)14(19)18(2)9-10-11(15)5-3-6-12(10)16;1-17-7-3-6-12(17)13(18)16-8-9-10(14)4-2-5-11(9)15/h2-12,14H,13H2,1H3,(H,23,25);1-11H,12-13H2,(H,22,24);4-11H,1-3H3,(H,19,21);4-8,10H,9H2,1-3H3,(H,19,21);3-8,10H,9H2,1-2H3,(H,18,20);3-8H,9H2,1-2H3;2-7H,8H2,1H3,(H,16,18). The molecule has 774 valence electrons. The van der Waals surface area contributed by atoms with Crippen LogP contribution in [0.5, 0.6) is 0 Å². The summed E-state index contributed by atoms with van der Waals surface area (Å²) in [6.45, 7) is 18.6. The van der Waals surface area contributed by atoms with Crippen LogP contribution in [0.2, 0.25) is 35.2 Å². The zero-order valence-corrected chi connectivity index (χ0v) is 88.3. The quantitative estimate of drug-likeness (QED) is 0.0260. The Morgan fingerprint density at radius 2 is 0.622 bits per heavy atom. The van der Waals surface area contributed by atoms with E-state index in [1.165, 1.54) is 77.7 Å². The number of nitrogens with zero attached hydrogens (tertiary/aromatic N) is 8. The van der Waals surface area contributed by atoms with E-state index in [4.69, 9.17) is 81.2 Å². The van der Waals surface area contributed by atoms with E-state index in [9.17, 15) is 64.3 Å². The Hall–Kier alpha value is -14.2. The number of amides is 7. The fourth-order valence-electron chi connectivity index (χ4n) is 15.3. The van der Waals surface area contributed by atoms with E-state index in [0.717, 1.165) is 16.7 Å². The van der Waals surface area contributed by atoms with Gasteiger partial charge in [0.2, 0.25) is 0 Å². The number of hydrogen-bond donors (Lipinski definition) is 6. The fraction of sp³-hybridized carbons (Fsp3) is 0.212. The maximum absolute atomic E-state index is 13.9. The van der Waals surface area contributed by atoms with Gasteiger partial charge in [0.1, 0.15) is 80.6 Å². The number of aromatic nitrogens is 7. The molecule has 7 heterocycles. The average molecular weight is 2160 g/mol. The third-order valence-electron chi connectivity index (χ3n) is 23.4. The molecule has 35 heteroatoms. The van der Waals surface area contributed by atoms with Gasteiger partial charge in [-0.05, 0) is 243 Å². The maximum atomic E-state index is 13.9.